The third-order valence-corrected chi connectivity index (χ3v) is 4.31. The predicted molar refractivity (Wildman–Crippen MR) is 90.7 cm³/mol. The lowest BCUT2D eigenvalue weighted by atomic mass is 9.93. The summed E-state index contributed by atoms with van der Waals surface area (Å²) in [5.74, 6) is 1.85. The first-order chi connectivity index (χ1) is 11.7. The zero-order valence-corrected chi connectivity index (χ0v) is 14.1. The summed E-state index contributed by atoms with van der Waals surface area (Å²) in [6, 6.07) is 3.92. The minimum absolute atomic E-state index is 0.0105. The fourth-order valence-electron chi connectivity index (χ4n) is 3.00. The summed E-state index contributed by atoms with van der Waals surface area (Å²) in [5, 5.41) is 11.3. The lowest BCUT2D eigenvalue weighted by Gasteiger charge is -2.32. The van der Waals surface area contributed by atoms with E-state index in [1.807, 2.05) is 31.0 Å². The van der Waals surface area contributed by atoms with E-state index in [0.717, 1.165) is 43.9 Å². The Morgan fingerprint density at radius 2 is 2.08 bits per heavy atom. The van der Waals surface area contributed by atoms with Gasteiger partial charge in [-0.1, -0.05) is 0 Å². The highest BCUT2D eigenvalue weighted by molar-refractivity contribution is 5.93. The molecule has 1 N–H and O–H groups in total. The Bertz CT molecular complexity index is 685. The van der Waals surface area contributed by atoms with Gasteiger partial charge in [0.05, 0.1) is 11.3 Å². The van der Waals surface area contributed by atoms with Crippen molar-refractivity contribution in [2.75, 3.05) is 25.5 Å². The third kappa shape index (κ3) is 3.84. The Labute approximate surface area is 141 Å². The first-order valence-electron chi connectivity index (χ1n) is 8.24. The number of carbonyl (C=O) groups excluding carboxylic acids is 1. The van der Waals surface area contributed by atoms with Crippen LogP contribution in [0.2, 0.25) is 0 Å². The summed E-state index contributed by atoms with van der Waals surface area (Å²) < 4.78 is 0. The van der Waals surface area contributed by atoms with Crippen LogP contribution in [0.5, 0.6) is 0 Å². The highest BCUT2D eigenvalue weighted by atomic mass is 16.2. The van der Waals surface area contributed by atoms with Gasteiger partial charge in [-0.05, 0) is 44.2 Å². The van der Waals surface area contributed by atoms with Gasteiger partial charge in [-0.2, -0.15) is 5.10 Å². The van der Waals surface area contributed by atoms with Gasteiger partial charge in [-0.25, -0.2) is 9.97 Å². The maximum absolute atomic E-state index is 12.6. The molecule has 2 aromatic rings. The van der Waals surface area contributed by atoms with E-state index in [1.54, 1.807) is 12.4 Å². The van der Waals surface area contributed by atoms with Crippen molar-refractivity contribution in [1.29, 1.82) is 0 Å². The summed E-state index contributed by atoms with van der Waals surface area (Å²) in [6.07, 6.45) is 6.16. The van der Waals surface area contributed by atoms with E-state index in [9.17, 15) is 4.79 Å². The lowest BCUT2D eigenvalue weighted by Crippen LogP contribution is -2.40. The molecule has 1 amide bonds. The number of carbonyl (C=O) groups is 1. The van der Waals surface area contributed by atoms with Crippen LogP contribution in [0.15, 0.2) is 24.5 Å². The van der Waals surface area contributed by atoms with Crippen LogP contribution in [0.1, 0.15) is 34.7 Å². The molecular formula is C17H22N6O. The summed E-state index contributed by atoms with van der Waals surface area (Å²) in [4.78, 5) is 22.7. The van der Waals surface area contributed by atoms with Crippen molar-refractivity contribution in [2.24, 2.45) is 5.92 Å². The Kier molecular flexibility index (Phi) is 4.98. The monoisotopic (exact) mass is 326 g/mol. The Hall–Kier alpha value is -2.57. The molecule has 7 heteroatoms. The van der Waals surface area contributed by atoms with Gasteiger partial charge >= 0.3 is 0 Å². The maximum Gasteiger partial charge on any atom is 0.256 e. The second kappa shape index (κ2) is 7.33. The zero-order chi connectivity index (χ0) is 16.9. The lowest BCUT2D eigenvalue weighted by molar-refractivity contribution is 0.0671. The molecule has 1 aliphatic rings. The number of nitrogens with one attached hydrogen (secondary N) is 1. The number of hydrogen-bond acceptors (Lipinski definition) is 6. The summed E-state index contributed by atoms with van der Waals surface area (Å²) in [5.41, 5.74) is 1.52. The molecule has 24 heavy (non-hydrogen) atoms. The van der Waals surface area contributed by atoms with Crippen molar-refractivity contribution < 1.29 is 4.79 Å². The smallest absolute Gasteiger partial charge is 0.256 e. The number of nitrogens with zero attached hydrogens (tertiary/aromatic N) is 5. The van der Waals surface area contributed by atoms with Crippen LogP contribution in [0.3, 0.4) is 0 Å². The third-order valence-electron chi connectivity index (χ3n) is 4.31. The SMILES string of the molecule is CNc1ccc(C[C@@H]2CCCN(C(=O)c3cnc(C)nc3)C2)nn1. The average molecular weight is 326 g/mol. The molecule has 0 unspecified atom stereocenters. The summed E-state index contributed by atoms with van der Waals surface area (Å²) in [7, 11) is 1.82. The van der Waals surface area contributed by atoms with Gasteiger partial charge in [0.15, 0.2) is 0 Å². The molecule has 1 aliphatic heterocycles. The first kappa shape index (κ1) is 16.3. The molecule has 1 saturated heterocycles. The molecule has 0 spiro atoms. The normalized spacial score (nSPS) is 17.6. The van der Waals surface area contributed by atoms with Crippen molar-refractivity contribution in [3.8, 4) is 0 Å². The second-order valence-corrected chi connectivity index (χ2v) is 6.14. The van der Waals surface area contributed by atoms with E-state index in [-0.39, 0.29) is 5.91 Å². The van der Waals surface area contributed by atoms with Gasteiger partial charge < -0.3 is 10.2 Å². The van der Waals surface area contributed by atoms with Gasteiger partial charge in [0.2, 0.25) is 0 Å². The largest absolute Gasteiger partial charge is 0.372 e. The number of anilines is 1. The number of aryl methyl sites for hydroxylation is 1. The van der Waals surface area contributed by atoms with E-state index in [1.165, 1.54) is 0 Å². The highest BCUT2D eigenvalue weighted by Gasteiger charge is 2.25. The van der Waals surface area contributed by atoms with Gasteiger partial charge in [0, 0.05) is 32.5 Å². The summed E-state index contributed by atoms with van der Waals surface area (Å²) >= 11 is 0. The van der Waals surface area contributed by atoms with Crippen LogP contribution in [0.25, 0.3) is 0 Å². The van der Waals surface area contributed by atoms with Crippen molar-refractivity contribution in [1.82, 2.24) is 25.1 Å². The first-order valence-corrected chi connectivity index (χ1v) is 8.24. The number of amides is 1. The molecule has 2 aromatic heterocycles. The van der Waals surface area contributed by atoms with Crippen LogP contribution in [0.4, 0.5) is 5.82 Å². The zero-order valence-electron chi connectivity index (χ0n) is 14.1. The number of hydrogen-bond donors (Lipinski definition) is 1. The quantitative estimate of drug-likeness (QED) is 0.921. The minimum Gasteiger partial charge on any atom is -0.372 e. The fourth-order valence-corrected chi connectivity index (χ4v) is 3.00. The van der Waals surface area contributed by atoms with Gasteiger partial charge in [0.1, 0.15) is 11.6 Å². The molecule has 0 saturated carbocycles. The number of likely N-dealkylation sites (tertiary alicyclic amines) is 1. The van der Waals surface area contributed by atoms with E-state index < -0.39 is 0 Å². The molecular weight excluding hydrogens is 304 g/mol. The summed E-state index contributed by atoms with van der Waals surface area (Å²) in [6.45, 7) is 3.33. The van der Waals surface area contributed by atoms with Gasteiger partial charge in [-0.3, -0.25) is 4.79 Å². The van der Waals surface area contributed by atoms with Crippen LogP contribution >= 0.6 is 0 Å². The van der Waals surface area contributed by atoms with Gasteiger partial charge in [0.25, 0.3) is 5.91 Å². The minimum atomic E-state index is 0.0105. The molecule has 1 fully saturated rings. The van der Waals surface area contributed by atoms with Crippen LogP contribution in [0, 0.1) is 12.8 Å². The van der Waals surface area contributed by atoms with Crippen molar-refractivity contribution >= 4 is 11.7 Å². The van der Waals surface area contributed by atoms with Crippen LogP contribution < -0.4 is 5.32 Å². The molecule has 1 atom stereocenters. The molecule has 126 valence electrons. The van der Waals surface area contributed by atoms with Crippen LogP contribution in [-0.4, -0.2) is 51.1 Å². The van der Waals surface area contributed by atoms with E-state index >= 15 is 0 Å². The second-order valence-electron chi connectivity index (χ2n) is 6.14. The predicted octanol–water partition coefficient (Wildman–Crippen LogP) is 1.71. The van der Waals surface area contributed by atoms with E-state index in [0.29, 0.717) is 17.3 Å². The van der Waals surface area contributed by atoms with Crippen molar-refractivity contribution in [2.45, 2.75) is 26.2 Å². The van der Waals surface area contributed by atoms with Crippen LogP contribution in [-0.2, 0) is 6.42 Å². The Morgan fingerprint density at radius 1 is 1.29 bits per heavy atom. The van der Waals surface area contributed by atoms with E-state index in [4.69, 9.17) is 0 Å². The number of aromatic nitrogens is 4. The fraction of sp³-hybridized carbons (Fsp3) is 0.471. The molecule has 0 aromatic carbocycles. The standard InChI is InChI=1S/C17H22N6O/c1-12-19-9-14(10-20-12)17(24)23-7-3-4-13(11-23)8-15-5-6-16(18-2)22-21-15/h5-6,9-10,13H,3-4,7-8,11H2,1-2H3,(H,18,22)/t13-/m0/s1. The molecule has 0 bridgehead atoms. The highest BCUT2D eigenvalue weighted by Crippen LogP contribution is 2.21. The van der Waals surface area contributed by atoms with Crippen molar-refractivity contribution in [3.63, 3.8) is 0 Å². The number of piperidine rings is 1. The molecule has 0 radical (unpaired) electrons. The molecule has 7 nitrogen and oxygen atoms in total. The molecule has 3 rings (SSSR count). The Balaban J connectivity index is 1.63. The van der Waals surface area contributed by atoms with Gasteiger partial charge in [-0.15, -0.1) is 5.10 Å². The number of rotatable bonds is 4. The molecule has 0 aliphatic carbocycles. The van der Waals surface area contributed by atoms with Crippen molar-refractivity contribution in [3.05, 3.63) is 41.6 Å². The maximum atomic E-state index is 12.6. The molecule has 3 heterocycles. The topological polar surface area (TPSA) is 83.9 Å². The Morgan fingerprint density at radius 3 is 2.75 bits per heavy atom. The van der Waals surface area contributed by atoms with E-state index in [2.05, 4.69) is 25.5 Å². The average Bonchev–Trinajstić information content (AvgIpc) is 2.63.